The van der Waals surface area contributed by atoms with Crippen molar-refractivity contribution in [2.75, 3.05) is 5.75 Å². The lowest BCUT2D eigenvalue weighted by molar-refractivity contribution is -0.142. The largest absolute Gasteiger partial charge is 0.480 e. The van der Waals surface area contributed by atoms with Crippen LogP contribution in [0.2, 0.25) is 0 Å². The molecule has 3 amide bonds. The Bertz CT molecular complexity index is 2140. The molecule has 12 nitrogen and oxygen atoms in total. The molecule has 252 valence electrons. The van der Waals surface area contributed by atoms with E-state index in [1.165, 1.54) is 0 Å². The van der Waals surface area contributed by atoms with Crippen LogP contribution in [0.4, 0.5) is 0 Å². The van der Waals surface area contributed by atoms with Crippen molar-refractivity contribution in [1.82, 2.24) is 30.9 Å². The Morgan fingerprint density at radius 1 is 0.592 bits per heavy atom. The van der Waals surface area contributed by atoms with E-state index in [0.29, 0.717) is 0 Å². The third kappa shape index (κ3) is 7.47. The van der Waals surface area contributed by atoms with Gasteiger partial charge in [-0.2, -0.15) is 12.6 Å². The zero-order valence-corrected chi connectivity index (χ0v) is 27.3. The number of carbonyl (C=O) groups is 4. The van der Waals surface area contributed by atoms with E-state index in [4.69, 9.17) is 5.73 Å². The molecule has 4 unspecified atom stereocenters. The second-order valence-corrected chi connectivity index (χ2v) is 12.4. The molecule has 0 aliphatic rings. The Balaban J connectivity index is 1.29. The first-order valence-electron chi connectivity index (χ1n) is 15.9. The molecule has 13 heteroatoms. The Hall–Kier alpha value is -5.53. The molecule has 3 aromatic heterocycles. The fourth-order valence-corrected chi connectivity index (χ4v) is 6.25. The highest BCUT2D eigenvalue weighted by Gasteiger charge is 2.32. The second-order valence-electron chi connectivity index (χ2n) is 12.0. The van der Waals surface area contributed by atoms with Gasteiger partial charge in [0.15, 0.2) is 0 Å². The van der Waals surface area contributed by atoms with Gasteiger partial charge >= 0.3 is 5.97 Å². The molecule has 0 saturated heterocycles. The molecule has 0 aliphatic heterocycles. The first kappa shape index (κ1) is 33.4. The monoisotopic (exact) mass is 679 g/mol. The van der Waals surface area contributed by atoms with Gasteiger partial charge in [0, 0.05) is 76.3 Å². The maximum absolute atomic E-state index is 14.1. The van der Waals surface area contributed by atoms with Crippen molar-refractivity contribution in [2.24, 2.45) is 5.73 Å². The third-order valence-corrected chi connectivity index (χ3v) is 9.10. The van der Waals surface area contributed by atoms with E-state index >= 15 is 0 Å². The van der Waals surface area contributed by atoms with Gasteiger partial charge in [-0.1, -0.05) is 54.6 Å². The number of nitrogens with two attached hydrogens (primary N) is 1. The minimum atomic E-state index is -1.29. The van der Waals surface area contributed by atoms with E-state index in [1.807, 2.05) is 72.8 Å². The molecule has 0 saturated carbocycles. The van der Waals surface area contributed by atoms with Gasteiger partial charge in [0.1, 0.15) is 18.1 Å². The number of nitrogens with one attached hydrogen (secondary N) is 6. The maximum Gasteiger partial charge on any atom is 0.326 e. The second kappa shape index (κ2) is 14.7. The molecule has 6 aromatic rings. The van der Waals surface area contributed by atoms with Crippen LogP contribution in [0.15, 0.2) is 91.4 Å². The lowest BCUT2D eigenvalue weighted by Gasteiger charge is -2.25. The number of aromatic amines is 3. The molecule has 0 radical (unpaired) electrons. The SMILES string of the molecule is NC(CS)C(=O)NC(Cc1c[nH]c2ccccc12)C(=O)NC(Cc1c[nH]c2ccccc12)C(=O)NC(Cc1c[nH]c2ccccc12)C(=O)O. The number of aliphatic carboxylic acids is 1. The smallest absolute Gasteiger partial charge is 0.326 e. The van der Waals surface area contributed by atoms with Gasteiger partial charge in [-0.15, -0.1) is 0 Å². The van der Waals surface area contributed by atoms with Crippen LogP contribution in [0.3, 0.4) is 0 Å². The third-order valence-electron chi connectivity index (χ3n) is 8.71. The highest BCUT2D eigenvalue weighted by molar-refractivity contribution is 7.80. The van der Waals surface area contributed by atoms with Crippen LogP contribution in [0, 0.1) is 0 Å². The molecule has 4 atom stereocenters. The van der Waals surface area contributed by atoms with Crippen LogP contribution in [-0.4, -0.2) is 73.7 Å². The van der Waals surface area contributed by atoms with Crippen molar-refractivity contribution in [1.29, 1.82) is 0 Å². The molecule has 49 heavy (non-hydrogen) atoms. The summed E-state index contributed by atoms with van der Waals surface area (Å²) in [6.07, 6.45) is 5.42. The fraction of sp³-hybridized carbons (Fsp3) is 0.222. The standard InChI is InChI=1S/C36H37N7O5S/c37-26(19-49)33(44)41-30(13-20-16-38-27-10-4-1-7-23(20)27)34(45)42-31(14-21-17-39-28-11-5-2-8-24(21)28)35(46)43-32(36(47)48)15-22-18-40-29-12-6-3-9-25(22)29/h1-12,16-18,26,30-32,38-40,49H,13-15,19,37H2,(H,41,44)(H,42,45)(H,43,46)(H,47,48). The molecule has 0 bridgehead atoms. The van der Waals surface area contributed by atoms with Crippen molar-refractivity contribution >= 4 is 69.0 Å². The number of aromatic nitrogens is 3. The van der Waals surface area contributed by atoms with E-state index in [-0.39, 0.29) is 25.0 Å². The first-order valence-corrected chi connectivity index (χ1v) is 16.5. The quantitative estimate of drug-likeness (QED) is 0.0793. The van der Waals surface area contributed by atoms with Gasteiger partial charge in [-0.3, -0.25) is 14.4 Å². The Morgan fingerprint density at radius 3 is 1.33 bits per heavy atom. The van der Waals surface area contributed by atoms with Gasteiger partial charge in [-0.25, -0.2) is 4.79 Å². The number of para-hydroxylation sites is 3. The Kier molecular flexibility index (Phi) is 10.0. The molecule has 0 spiro atoms. The first-order chi connectivity index (χ1) is 23.7. The predicted octanol–water partition coefficient (Wildman–Crippen LogP) is 2.95. The number of carboxylic acids is 1. The average molecular weight is 680 g/mol. The molecule has 0 fully saturated rings. The number of thiol groups is 1. The van der Waals surface area contributed by atoms with Crippen LogP contribution in [0.5, 0.6) is 0 Å². The number of hydrogen-bond acceptors (Lipinski definition) is 6. The number of amides is 3. The van der Waals surface area contributed by atoms with Crippen molar-refractivity contribution in [3.63, 3.8) is 0 Å². The number of hydrogen-bond donors (Lipinski definition) is 9. The lowest BCUT2D eigenvalue weighted by atomic mass is 10.0. The summed E-state index contributed by atoms with van der Waals surface area (Å²) in [5.74, 6) is -3.05. The molecular formula is C36H37N7O5S. The van der Waals surface area contributed by atoms with E-state index in [2.05, 4.69) is 43.5 Å². The maximum atomic E-state index is 14.1. The normalized spacial score (nSPS) is 13.9. The van der Waals surface area contributed by atoms with Gasteiger partial charge in [0.25, 0.3) is 0 Å². The van der Waals surface area contributed by atoms with Gasteiger partial charge in [0.05, 0.1) is 6.04 Å². The minimum Gasteiger partial charge on any atom is -0.480 e. The topological polar surface area (TPSA) is 198 Å². The predicted molar refractivity (Wildman–Crippen MR) is 191 cm³/mol. The molecule has 6 rings (SSSR count). The van der Waals surface area contributed by atoms with Crippen molar-refractivity contribution < 1.29 is 24.3 Å². The van der Waals surface area contributed by atoms with Crippen molar-refractivity contribution in [2.45, 2.75) is 43.4 Å². The van der Waals surface area contributed by atoms with Crippen molar-refractivity contribution in [3.8, 4) is 0 Å². The number of carboxylic acid groups (broad SMARTS) is 1. The zero-order valence-electron chi connectivity index (χ0n) is 26.4. The molecule has 3 aromatic carbocycles. The Labute approximate surface area is 286 Å². The van der Waals surface area contributed by atoms with E-state index in [1.54, 1.807) is 18.6 Å². The van der Waals surface area contributed by atoms with E-state index in [0.717, 1.165) is 49.4 Å². The zero-order chi connectivity index (χ0) is 34.5. The average Bonchev–Trinajstić information content (AvgIpc) is 3.84. The lowest BCUT2D eigenvalue weighted by Crippen LogP contribution is -2.58. The van der Waals surface area contributed by atoms with Gasteiger partial charge < -0.3 is 41.7 Å². The number of fused-ring (bicyclic) bond motifs is 3. The van der Waals surface area contributed by atoms with E-state index in [9.17, 15) is 24.3 Å². The number of carbonyl (C=O) groups excluding carboxylic acids is 3. The van der Waals surface area contributed by atoms with Crippen LogP contribution in [0.1, 0.15) is 16.7 Å². The van der Waals surface area contributed by atoms with E-state index < -0.39 is 47.9 Å². The molecule has 9 N–H and O–H groups in total. The minimum absolute atomic E-state index is 0.0136. The summed E-state index contributed by atoms with van der Waals surface area (Å²) in [5.41, 5.74) is 10.7. The summed E-state index contributed by atoms with van der Waals surface area (Å²) >= 11 is 4.13. The van der Waals surface area contributed by atoms with Crippen LogP contribution in [0.25, 0.3) is 32.7 Å². The van der Waals surface area contributed by atoms with Gasteiger partial charge in [-0.05, 0) is 34.9 Å². The molecule has 0 aliphatic carbocycles. The van der Waals surface area contributed by atoms with Crippen LogP contribution in [-0.2, 0) is 38.4 Å². The van der Waals surface area contributed by atoms with Gasteiger partial charge in [0.2, 0.25) is 17.7 Å². The fourth-order valence-electron chi connectivity index (χ4n) is 6.09. The summed E-state index contributed by atoms with van der Waals surface area (Å²) in [7, 11) is 0. The molecule has 3 heterocycles. The summed E-state index contributed by atoms with van der Waals surface area (Å²) in [4.78, 5) is 63.0. The highest BCUT2D eigenvalue weighted by Crippen LogP contribution is 2.22. The highest BCUT2D eigenvalue weighted by atomic mass is 32.1. The summed E-state index contributed by atoms with van der Waals surface area (Å²) in [6.45, 7) is 0. The summed E-state index contributed by atoms with van der Waals surface area (Å²) < 4.78 is 0. The summed E-state index contributed by atoms with van der Waals surface area (Å²) in [6, 6.07) is 18.0. The van der Waals surface area contributed by atoms with Crippen LogP contribution < -0.4 is 21.7 Å². The Morgan fingerprint density at radius 2 is 0.939 bits per heavy atom. The summed E-state index contributed by atoms with van der Waals surface area (Å²) in [5, 5.41) is 21.0. The number of rotatable bonds is 14. The molecular weight excluding hydrogens is 643 g/mol. The number of H-pyrrole nitrogens is 3. The number of benzene rings is 3. The van der Waals surface area contributed by atoms with Crippen LogP contribution >= 0.6 is 12.6 Å². The van der Waals surface area contributed by atoms with Crippen molar-refractivity contribution in [3.05, 3.63) is 108 Å².